The lowest BCUT2D eigenvalue weighted by molar-refractivity contribution is -0.139. The standard InChI is InChI=1S/C14H15NO2/c1-2-6-12-9-13(16)15(14(12)17)10-11-7-4-3-5-8-11/h2-8,12H,9-10H2,1H3/b6-2+. The highest BCUT2D eigenvalue weighted by Crippen LogP contribution is 2.22. The lowest BCUT2D eigenvalue weighted by atomic mass is 10.1. The second kappa shape index (κ2) is 4.95. The summed E-state index contributed by atoms with van der Waals surface area (Å²) in [6.07, 6.45) is 3.92. The van der Waals surface area contributed by atoms with Crippen LogP contribution in [-0.4, -0.2) is 16.7 Å². The molecule has 0 saturated carbocycles. The number of likely N-dealkylation sites (tertiary alicyclic amines) is 1. The van der Waals surface area contributed by atoms with Gasteiger partial charge in [0.1, 0.15) is 0 Å². The van der Waals surface area contributed by atoms with Crippen LogP contribution >= 0.6 is 0 Å². The van der Waals surface area contributed by atoms with Crippen LogP contribution in [0.5, 0.6) is 0 Å². The van der Waals surface area contributed by atoms with Crippen LogP contribution in [0.4, 0.5) is 0 Å². The zero-order valence-corrected chi connectivity index (χ0v) is 9.80. The minimum absolute atomic E-state index is 0.0815. The Morgan fingerprint density at radius 1 is 1.29 bits per heavy atom. The molecule has 2 rings (SSSR count). The Bertz CT molecular complexity index is 451. The zero-order valence-electron chi connectivity index (χ0n) is 9.80. The van der Waals surface area contributed by atoms with Crippen molar-refractivity contribution in [3.63, 3.8) is 0 Å². The molecule has 0 spiro atoms. The molecule has 0 bridgehead atoms. The van der Waals surface area contributed by atoms with Gasteiger partial charge >= 0.3 is 0 Å². The number of imide groups is 1. The Labute approximate surface area is 101 Å². The Balaban J connectivity index is 2.12. The van der Waals surface area contributed by atoms with Gasteiger partial charge < -0.3 is 0 Å². The van der Waals surface area contributed by atoms with Crippen molar-refractivity contribution in [2.24, 2.45) is 5.92 Å². The fraction of sp³-hybridized carbons (Fsp3) is 0.286. The first kappa shape index (κ1) is 11.6. The van der Waals surface area contributed by atoms with E-state index in [1.165, 1.54) is 4.90 Å². The monoisotopic (exact) mass is 229 g/mol. The van der Waals surface area contributed by atoms with E-state index in [-0.39, 0.29) is 17.7 Å². The number of amides is 2. The summed E-state index contributed by atoms with van der Waals surface area (Å²) in [5, 5.41) is 0. The van der Waals surface area contributed by atoms with Gasteiger partial charge in [0.15, 0.2) is 0 Å². The molecule has 1 saturated heterocycles. The molecule has 1 aliphatic rings. The molecule has 0 aromatic heterocycles. The van der Waals surface area contributed by atoms with Crippen LogP contribution in [0.15, 0.2) is 42.5 Å². The molecule has 0 aliphatic carbocycles. The zero-order chi connectivity index (χ0) is 12.3. The van der Waals surface area contributed by atoms with Gasteiger partial charge in [0, 0.05) is 6.42 Å². The van der Waals surface area contributed by atoms with Crippen molar-refractivity contribution < 1.29 is 9.59 Å². The highest BCUT2D eigenvalue weighted by molar-refractivity contribution is 6.04. The van der Waals surface area contributed by atoms with Crippen LogP contribution in [0.2, 0.25) is 0 Å². The van der Waals surface area contributed by atoms with Crippen LogP contribution in [-0.2, 0) is 16.1 Å². The molecule has 1 unspecified atom stereocenters. The van der Waals surface area contributed by atoms with E-state index in [1.807, 2.05) is 43.3 Å². The van der Waals surface area contributed by atoms with E-state index in [2.05, 4.69) is 0 Å². The van der Waals surface area contributed by atoms with Gasteiger partial charge in [0.05, 0.1) is 12.5 Å². The SMILES string of the molecule is C/C=C/C1CC(=O)N(Cc2ccccc2)C1=O. The summed E-state index contributed by atoms with van der Waals surface area (Å²) >= 11 is 0. The Morgan fingerprint density at radius 3 is 2.65 bits per heavy atom. The van der Waals surface area contributed by atoms with Crippen molar-refractivity contribution >= 4 is 11.8 Å². The summed E-state index contributed by atoms with van der Waals surface area (Å²) in [7, 11) is 0. The number of allylic oxidation sites excluding steroid dienone is 1. The molecule has 1 heterocycles. The van der Waals surface area contributed by atoms with E-state index in [1.54, 1.807) is 6.08 Å². The summed E-state index contributed by atoms with van der Waals surface area (Å²) in [5.41, 5.74) is 0.982. The number of hydrogen-bond acceptors (Lipinski definition) is 2. The molecule has 0 radical (unpaired) electrons. The van der Waals surface area contributed by atoms with E-state index in [9.17, 15) is 9.59 Å². The molecule has 88 valence electrons. The average molecular weight is 229 g/mol. The molecule has 0 N–H and O–H groups in total. The largest absolute Gasteiger partial charge is 0.278 e. The predicted octanol–water partition coefficient (Wildman–Crippen LogP) is 2.14. The lowest BCUT2D eigenvalue weighted by Crippen LogP contribution is -2.29. The first-order chi connectivity index (χ1) is 8.22. The van der Waals surface area contributed by atoms with Crippen LogP contribution in [0, 0.1) is 5.92 Å². The third kappa shape index (κ3) is 2.44. The molecule has 1 aliphatic heterocycles. The van der Waals surface area contributed by atoms with Gasteiger partial charge in [-0.05, 0) is 12.5 Å². The Kier molecular flexibility index (Phi) is 3.38. The Hall–Kier alpha value is -1.90. The van der Waals surface area contributed by atoms with Crippen LogP contribution in [0.1, 0.15) is 18.9 Å². The molecule has 1 atom stereocenters. The molecule has 3 nitrogen and oxygen atoms in total. The van der Waals surface area contributed by atoms with Crippen LogP contribution < -0.4 is 0 Å². The van der Waals surface area contributed by atoms with Gasteiger partial charge in [0.25, 0.3) is 0 Å². The van der Waals surface area contributed by atoms with Crippen molar-refractivity contribution in [2.75, 3.05) is 0 Å². The number of nitrogens with zero attached hydrogens (tertiary/aromatic N) is 1. The van der Waals surface area contributed by atoms with Crippen molar-refractivity contribution in [1.82, 2.24) is 4.90 Å². The number of carbonyl (C=O) groups excluding carboxylic acids is 2. The number of hydrogen-bond donors (Lipinski definition) is 0. The van der Waals surface area contributed by atoms with Crippen LogP contribution in [0.3, 0.4) is 0 Å². The van der Waals surface area contributed by atoms with E-state index in [0.717, 1.165) is 5.56 Å². The average Bonchev–Trinajstić information content (AvgIpc) is 2.59. The molecule has 2 amide bonds. The van der Waals surface area contributed by atoms with Gasteiger partial charge in [-0.3, -0.25) is 14.5 Å². The topological polar surface area (TPSA) is 37.4 Å². The van der Waals surface area contributed by atoms with Crippen LogP contribution in [0.25, 0.3) is 0 Å². The maximum absolute atomic E-state index is 12.0. The fourth-order valence-corrected chi connectivity index (χ4v) is 2.02. The quantitative estimate of drug-likeness (QED) is 0.588. The molecular weight excluding hydrogens is 214 g/mol. The summed E-state index contributed by atoms with van der Waals surface area (Å²) < 4.78 is 0. The molecule has 1 aromatic carbocycles. The van der Waals surface area contributed by atoms with Gasteiger partial charge in [-0.25, -0.2) is 0 Å². The maximum atomic E-state index is 12.0. The van der Waals surface area contributed by atoms with Gasteiger partial charge in [-0.15, -0.1) is 0 Å². The maximum Gasteiger partial charge on any atom is 0.236 e. The molecule has 1 fully saturated rings. The van der Waals surface area contributed by atoms with E-state index in [0.29, 0.717) is 13.0 Å². The molecule has 3 heteroatoms. The molecule has 17 heavy (non-hydrogen) atoms. The number of carbonyl (C=O) groups is 2. The van der Waals surface area contributed by atoms with Gasteiger partial charge in [0.2, 0.25) is 11.8 Å². The lowest BCUT2D eigenvalue weighted by Gasteiger charge is -2.14. The first-order valence-corrected chi connectivity index (χ1v) is 5.73. The third-order valence-corrected chi connectivity index (χ3v) is 2.89. The second-order valence-corrected chi connectivity index (χ2v) is 4.14. The van der Waals surface area contributed by atoms with E-state index >= 15 is 0 Å². The minimum atomic E-state index is -0.267. The highest BCUT2D eigenvalue weighted by atomic mass is 16.2. The smallest absolute Gasteiger partial charge is 0.236 e. The molecule has 1 aromatic rings. The third-order valence-electron chi connectivity index (χ3n) is 2.89. The second-order valence-electron chi connectivity index (χ2n) is 4.14. The van der Waals surface area contributed by atoms with Crippen molar-refractivity contribution in [1.29, 1.82) is 0 Å². The number of rotatable bonds is 3. The number of benzene rings is 1. The van der Waals surface area contributed by atoms with Gasteiger partial charge in [-0.2, -0.15) is 0 Å². The predicted molar refractivity (Wildman–Crippen MR) is 64.9 cm³/mol. The fourth-order valence-electron chi connectivity index (χ4n) is 2.02. The first-order valence-electron chi connectivity index (χ1n) is 5.73. The highest BCUT2D eigenvalue weighted by Gasteiger charge is 2.36. The summed E-state index contributed by atoms with van der Waals surface area (Å²) in [6, 6.07) is 9.57. The van der Waals surface area contributed by atoms with Crippen molar-refractivity contribution in [3.8, 4) is 0 Å². The normalized spacial score (nSPS) is 20.5. The Morgan fingerprint density at radius 2 is 2.00 bits per heavy atom. The van der Waals surface area contributed by atoms with E-state index in [4.69, 9.17) is 0 Å². The van der Waals surface area contributed by atoms with Crippen molar-refractivity contribution in [2.45, 2.75) is 19.9 Å². The van der Waals surface area contributed by atoms with Crippen molar-refractivity contribution in [3.05, 3.63) is 48.0 Å². The van der Waals surface area contributed by atoms with E-state index < -0.39 is 0 Å². The van der Waals surface area contributed by atoms with Gasteiger partial charge in [-0.1, -0.05) is 42.5 Å². The minimum Gasteiger partial charge on any atom is -0.278 e. The summed E-state index contributed by atoms with van der Waals surface area (Å²) in [6.45, 7) is 2.24. The molecular formula is C14H15NO2. The summed E-state index contributed by atoms with van der Waals surface area (Å²) in [4.78, 5) is 25.1. The summed E-state index contributed by atoms with van der Waals surface area (Å²) in [5.74, 6) is -0.435.